The Balaban J connectivity index is 2.50. The molecule has 1 rings (SSSR count). The third-order valence-electron chi connectivity index (χ3n) is 2.74. The van der Waals surface area contributed by atoms with Crippen molar-refractivity contribution in [2.45, 2.75) is 51.4 Å². The van der Waals surface area contributed by atoms with Crippen LogP contribution in [0.15, 0.2) is 11.6 Å². The number of hydrogen-bond donors (Lipinski definition) is 0. The van der Waals surface area contributed by atoms with E-state index in [-0.39, 0.29) is 5.97 Å². The lowest BCUT2D eigenvalue weighted by molar-refractivity contribution is -0.136. The van der Waals surface area contributed by atoms with E-state index < -0.39 is 0 Å². The molecular formula is C12H20O2. The highest BCUT2D eigenvalue weighted by Crippen LogP contribution is 2.17. The maximum atomic E-state index is 11.3. The average molecular weight is 196 g/mol. The number of allylic oxidation sites excluding steroid dienone is 1. The quantitative estimate of drug-likeness (QED) is 0.602. The van der Waals surface area contributed by atoms with Crippen molar-refractivity contribution >= 4 is 5.97 Å². The predicted molar refractivity (Wildman–Crippen MR) is 57.0 cm³/mol. The van der Waals surface area contributed by atoms with E-state index in [1.165, 1.54) is 39.2 Å². The van der Waals surface area contributed by atoms with E-state index in [0.29, 0.717) is 0 Å². The highest BCUT2D eigenvalue weighted by molar-refractivity contribution is 5.88. The summed E-state index contributed by atoms with van der Waals surface area (Å²) in [5, 5.41) is 0. The van der Waals surface area contributed by atoms with Crippen LogP contribution in [-0.4, -0.2) is 13.1 Å². The molecule has 0 radical (unpaired) electrons. The first-order chi connectivity index (χ1) is 6.84. The highest BCUT2D eigenvalue weighted by Gasteiger charge is 2.09. The summed E-state index contributed by atoms with van der Waals surface area (Å²) >= 11 is 0. The summed E-state index contributed by atoms with van der Waals surface area (Å²) in [6.45, 7) is 0. The van der Waals surface area contributed by atoms with E-state index in [2.05, 4.69) is 6.08 Å². The SMILES string of the molecule is COC(=O)C1=CCCCCCCCC1. The van der Waals surface area contributed by atoms with Crippen molar-refractivity contribution in [2.75, 3.05) is 7.11 Å². The van der Waals surface area contributed by atoms with Crippen LogP contribution in [0.3, 0.4) is 0 Å². The van der Waals surface area contributed by atoms with E-state index in [9.17, 15) is 4.79 Å². The minimum absolute atomic E-state index is 0.134. The second-order valence-electron chi connectivity index (χ2n) is 3.88. The molecule has 0 aliphatic heterocycles. The molecule has 0 aromatic carbocycles. The van der Waals surface area contributed by atoms with Gasteiger partial charge in [-0.05, 0) is 25.7 Å². The van der Waals surface area contributed by atoms with Crippen molar-refractivity contribution < 1.29 is 9.53 Å². The fourth-order valence-electron chi connectivity index (χ4n) is 1.86. The van der Waals surface area contributed by atoms with Gasteiger partial charge in [0, 0.05) is 5.57 Å². The van der Waals surface area contributed by atoms with Crippen LogP contribution in [0.5, 0.6) is 0 Å². The van der Waals surface area contributed by atoms with Gasteiger partial charge < -0.3 is 4.74 Å². The fourth-order valence-corrected chi connectivity index (χ4v) is 1.86. The van der Waals surface area contributed by atoms with E-state index in [1.54, 1.807) is 0 Å². The van der Waals surface area contributed by atoms with Crippen molar-refractivity contribution in [3.63, 3.8) is 0 Å². The Bertz CT molecular complexity index is 206. The molecule has 0 fully saturated rings. The standard InChI is InChI=1S/C12H20O2/c1-14-12(13)11-9-7-5-3-2-4-6-8-10-11/h9H,2-8,10H2,1H3. The predicted octanol–water partition coefficient (Wildman–Crippen LogP) is 3.22. The Morgan fingerprint density at radius 2 is 1.79 bits per heavy atom. The lowest BCUT2D eigenvalue weighted by Gasteiger charge is -2.08. The number of esters is 1. The minimum Gasteiger partial charge on any atom is -0.466 e. The lowest BCUT2D eigenvalue weighted by Crippen LogP contribution is -2.05. The van der Waals surface area contributed by atoms with Gasteiger partial charge in [0.05, 0.1) is 7.11 Å². The van der Waals surface area contributed by atoms with Crippen LogP contribution in [0.1, 0.15) is 51.4 Å². The van der Waals surface area contributed by atoms with Gasteiger partial charge >= 0.3 is 5.97 Å². The second kappa shape index (κ2) is 6.63. The molecule has 2 nitrogen and oxygen atoms in total. The summed E-state index contributed by atoms with van der Waals surface area (Å²) in [5.41, 5.74) is 0.884. The molecule has 80 valence electrons. The van der Waals surface area contributed by atoms with Gasteiger partial charge in [0.15, 0.2) is 0 Å². The first kappa shape index (κ1) is 11.3. The molecule has 0 atom stereocenters. The normalized spacial score (nSPS) is 19.6. The molecule has 14 heavy (non-hydrogen) atoms. The zero-order valence-corrected chi connectivity index (χ0v) is 9.05. The molecule has 0 heterocycles. The summed E-state index contributed by atoms with van der Waals surface area (Å²) in [6, 6.07) is 0. The Labute approximate surface area is 86.3 Å². The number of methoxy groups -OCH3 is 1. The van der Waals surface area contributed by atoms with Crippen LogP contribution in [0.25, 0.3) is 0 Å². The van der Waals surface area contributed by atoms with Crippen molar-refractivity contribution in [2.24, 2.45) is 0 Å². The molecule has 0 unspecified atom stereocenters. The third kappa shape index (κ3) is 3.95. The molecule has 0 bridgehead atoms. The molecular weight excluding hydrogens is 176 g/mol. The largest absolute Gasteiger partial charge is 0.466 e. The van der Waals surface area contributed by atoms with Gasteiger partial charge in [-0.2, -0.15) is 0 Å². The second-order valence-corrected chi connectivity index (χ2v) is 3.88. The number of hydrogen-bond acceptors (Lipinski definition) is 2. The van der Waals surface area contributed by atoms with Gasteiger partial charge in [-0.25, -0.2) is 4.79 Å². The lowest BCUT2D eigenvalue weighted by atomic mass is 10.0. The maximum Gasteiger partial charge on any atom is 0.333 e. The molecule has 0 aromatic rings. The molecule has 0 saturated heterocycles. The number of ether oxygens (including phenoxy) is 1. The molecule has 0 N–H and O–H groups in total. The summed E-state index contributed by atoms with van der Waals surface area (Å²) in [6.07, 6.45) is 11.5. The third-order valence-corrected chi connectivity index (χ3v) is 2.74. The van der Waals surface area contributed by atoms with Crippen LogP contribution in [-0.2, 0) is 9.53 Å². The number of rotatable bonds is 1. The van der Waals surface area contributed by atoms with Gasteiger partial charge in [-0.1, -0.05) is 31.8 Å². The first-order valence-electron chi connectivity index (χ1n) is 5.62. The first-order valence-corrected chi connectivity index (χ1v) is 5.62. The zero-order chi connectivity index (χ0) is 10.2. The fraction of sp³-hybridized carbons (Fsp3) is 0.750. The van der Waals surface area contributed by atoms with Crippen molar-refractivity contribution in [3.8, 4) is 0 Å². The Morgan fingerprint density at radius 3 is 2.50 bits per heavy atom. The molecule has 0 amide bonds. The summed E-state index contributed by atoms with van der Waals surface area (Å²) < 4.78 is 4.75. The zero-order valence-electron chi connectivity index (χ0n) is 9.05. The Hall–Kier alpha value is -0.790. The smallest absolute Gasteiger partial charge is 0.333 e. The van der Waals surface area contributed by atoms with E-state index in [0.717, 1.165) is 24.8 Å². The van der Waals surface area contributed by atoms with E-state index in [1.807, 2.05) is 0 Å². The van der Waals surface area contributed by atoms with Crippen molar-refractivity contribution in [1.82, 2.24) is 0 Å². The van der Waals surface area contributed by atoms with Gasteiger partial charge in [0.2, 0.25) is 0 Å². The van der Waals surface area contributed by atoms with Crippen molar-refractivity contribution in [3.05, 3.63) is 11.6 Å². The molecule has 1 aliphatic carbocycles. The van der Waals surface area contributed by atoms with Crippen LogP contribution < -0.4 is 0 Å². The van der Waals surface area contributed by atoms with Gasteiger partial charge in [0.25, 0.3) is 0 Å². The van der Waals surface area contributed by atoms with Crippen molar-refractivity contribution in [1.29, 1.82) is 0 Å². The number of carbonyl (C=O) groups is 1. The van der Waals surface area contributed by atoms with E-state index >= 15 is 0 Å². The summed E-state index contributed by atoms with van der Waals surface area (Å²) in [4.78, 5) is 11.3. The van der Waals surface area contributed by atoms with Crippen LogP contribution >= 0.6 is 0 Å². The molecule has 0 spiro atoms. The van der Waals surface area contributed by atoms with E-state index in [4.69, 9.17) is 4.74 Å². The Morgan fingerprint density at radius 1 is 1.14 bits per heavy atom. The average Bonchev–Trinajstić information content (AvgIpc) is 2.24. The summed E-state index contributed by atoms with van der Waals surface area (Å²) in [7, 11) is 1.46. The molecule has 0 aromatic heterocycles. The number of carbonyl (C=O) groups excluding carboxylic acids is 1. The topological polar surface area (TPSA) is 26.3 Å². The summed E-state index contributed by atoms with van der Waals surface area (Å²) in [5.74, 6) is -0.134. The molecule has 2 heteroatoms. The molecule has 1 aliphatic rings. The van der Waals surface area contributed by atoms with Crippen LogP contribution in [0.4, 0.5) is 0 Å². The minimum atomic E-state index is -0.134. The van der Waals surface area contributed by atoms with Crippen LogP contribution in [0.2, 0.25) is 0 Å². The molecule has 0 saturated carbocycles. The Kier molecular flexibility index (Phi) is 5.35. The monoisotopic (exact) mass is 196 g/mol. The van der Waals surface area contributed by atoms with Gasteiger partial charge in [-0.15, -0.1) is 0 Å². The van der Waals surface area contributed by atoms with Crippen LogP contribution in [0, 0.1) is 0 Å². The van der Waals surface area contributed by atoms with Gasteiger partial charge in [-0.3, -0.25) is 0 Å². The highest BCUT2D eigenvalue weighted by atomic mass is 16.5. The van der Waals surface area contributed by atoms with Gasteiger partial charge in [0.1, 0.15) is 0 Å². The maximum absolute atomic E-state index is 11.3.